The third-order valence-electron chi connectivity index (χ3n) is 4.63. The van der Waals surface area contributed by atoms with Crippen molar-refractivity contribution in [1.82, 2.24) is 10.3 Å². The summed E-state index contributed by atoms with van der Waals surface area (Å²) in [6.45, 7) is 6.65. The van der Waals surface area contributed by atoms with Crippen LogP contribution in [-0.4, -0.2) is 22.0 Å². The number of hydrogen-bond acceptors (Lipinski definition) is 6. The molecule has 0 fully saturated rings. The zero-order valence-electron chi connectivity index (χ0n) is 14.9. The zero-order chi connectivity index (χ0) is 18.3. The van der Waals surface area contributed by atoms with Gasteiger partial charge < -0.3 is 18.9 Å². The highest BCUT2D eigenvalue weighted by atomic mass is 16.5. The number of hydrogen-bond donors (Lipinski definition) is 1. The summed E-state index contributed by atoms with van der Waals surface area (Å²) in [6, 6.07) is 7.41. The Bertz CT molecular complexity index is 1060. The summed E-state index contributed by atoms with van der Waals surface area (Å²) in [6.07, 6.45) is 3.29. The molecule has 1 atom stereocenters. The molecule has 2 aromatic heterocycles. The van der Waals surface area contributed by atoms with E-state index in [1.54, 1.807) is 18.5 Å². The van der Waals surface area contributed by atoms with Crippen LogP contribution in [-0.2, 0) is 0 Å². The van der Waals surface area contributed by atoms with Gasteiger partial charge in [0.05, 0.1) is 19.0 Å². The summed E-state index contributed by atoms with van der Waals surface area (Å²) < 4.78 is 16.5. The van der Waals surface area contributed by atoms with Gasteiger partial charge in [0.2, 0.25) is 0 Å². The fourth-order valence-corrected chi connectivity index (χ4v) is 3.11. The Labute approximate surface area is 150 Å². The molecule has 0 saturated heterocycles. The second-order valence-corrected chi connectivity index (χ2v) is 6.90. The molecule has 6 nitrogen and oxygen atoms in total. The molecule has 4 aromatic rings. The lowest BCUT2D eigenvalue weighted by Crippen LogP contribution is -2.09. The fraction of sp³-hybridized carbons (Fsp3) is 0.300. The largest absolute Gasteiger partial charge is 0.508 e. The first-order valence-electron chi connectivity index (χ1n) is 8.61. The summed E-state index contributed by atoms with van der Waals surface area (Å²) in [5.74, 6) is 1.26. The van der Waals surface area contributed by atoms with E-state index in [4.69, 9.17) is 13.8 Å². The van der Waals surface area contributed by atoms with Crippen LogP contribution in [0.2, 0.25) is 0 Å². The molecular formula is C20H20N2O4. The standard InChI is InChI=1S/C20H20N2O4/c1-11(2)15-4-13-8-21-26-19(13)7-20(15)24-10-12(3)16-6-18-14(5-17(16)23)9-22-25-18/h4-9,11-12,23H,10H2,1-3H3. The first kappa shape index (κ1) is 16.4. The smallest absolute Gasteiger partial charge is 0.170 e. The van der Waals surface area contributed by atoms with Gasteiger partial charge in [0.1, 0.15) is 11.5 Å². The maximum absolute atomic E-state index is 10.3. The molecule has 0 aliphatic heterocycles. The summed E-state index contributed by atoms with van der Waals surface area (Å²) in [5, 5.41) is 19.6. The van der Waals surface area contributed by atoms with E-state index >= 15 is 0 Å². The van der Waals surface area contributed by atoms with Crippen LogP contribution >= 0.6 is 0 Å². The van der Waals surface area contributed by atoms with Crippen molar-refractivity contribution in [2.45, 2.75) is 32.6 Å². The first-order valence-corrected chi connectivity index (χ1v) is 8.61. The molecular weight excluding hydrogens is 332 g/mol. The van der Waals surface area contributed by atoms with Gasteiger partial charge >= 0.3 is 0 Å². The topological polar surface area (TPSA) is 81.5 Å². The van der Waals surface area contributed by atoms with Crippen molar-refractivity contribution in [2.24, 2.45) is 0 Å². The van der Waals surface area contributed by atoms with E-state index in [9.17, 15) is 5.11 Å². The Morgan fingerprint density at radius 1 is 0.923 bits per heavy atom. The number of fused-ring (bicyclic) bond motifs is 2. The summed E-state index contributed by atoms with van der Waals surface area (Å²) in [4.78, 5) is 0. The molecule has 0 bridgehead atoms. The van der Waals surface area contributed by atoms with Crippen molar-refractivity contribution in [3.8, 4) is 11.5 Å². The van der Waals surface area contributed by atoms with Gasteiger partial charge in [-0.25, -0.2) is 0 Å². The molecule has 0 aliphatic carbocycles. The normalized spacial score (nSPS) is 12.9. The molecule has 1 N–H and O–H groups in total. The monoisotopic (exact) mass is 352 g/mol. The Morgan fingerprint density at radius 3 is 2.27 bits per heavy atom. The van der Waals surface area contributed by atoms with Crippen LogP contribution in [0, 0.1) is 0 Å². The molecule has 4 rings (SSSR count). The van der Waals surface area contributed by atoms with Crippen molar-refractivity contribution < 1.29 is 18.9 Å². The summed E-state index contributed by atoms with van der Waals surface area (Å²) in [7, 11) is 0. The minimum Gasteiger partial charge on any atom is -0.508 e. The van der Waals surface area contributed by atoms with Crippen molar-refractivity contribution in [3.63, 3.8) is 0 Å². The van der Waals surface area contributed by atoms with E-state index in [-0.39, 0.29) is 11.7 Å². The molecule has 6 heteroatoms. The van der Waals surface area contributed by atoms with Gasteiger partial charge in [-0.05, 0) is 29.7 Å². The maximum atomic E-state index is 10.3. The first-order chi connectivity index (χ1) is 12.5. The second-order valence-electron chi connectivity index (χ2n) is 6.90. The number of phenols is 1. The molecule has 2 aromatic carbocycles. The summed E-state index contributed by atoms with van der Waals surface area (Å²) >= 11 is 0. The van der Waals surface area contributed by atoms with E-state index in [2.05, 4.69) is 30.2 Å². The minimum absolute atomic E-state index is 0.0325. The van der Waals surface area contributed by atoms with Crippen LogP contribution in [0.5, 0.6) is 11.5 Å². The van der Waals surface area contributed by atoms with Crippen LogP contribution in [0.3, 0.4) is 0 Å². The number of aromatic nitrogens is 2. The van der Waals surface area contributed by atoms with Gasteiger partial charge in [-0.15, -0.1) is 0 Å². The van der Waals surface area contributed by atoms with E-state index < -0.39 is 0 Å². The predicted molar refractivity (Wildman–Crippen MR) is 97.7 cm³/mol. The highest BCUT2D eigenvalue weighted by Gasteiger charge is 2.17. The molecule has 0 spiro atoms. The average molecular weight is 352 g/mol. The van der Waals surface area contributed by atoms with E-state index in [1.807, 2.05) is 19.1 Å². The second kappa shape index (κ2) is 6.37. The van der Waals surface area contributed by atoms with Crippen molar-refractivity contribution in [2.75, 3.05) is 6.61 Å². The van der Waals surface area contributed by atoms with Crippen LogP contribution in [0.1, 0.15) is 43.7 Å². The lowest BCUT2D eigenvalue weighted by atomic mass is 9.99. The Morgan fingerprint density at radius 2 is 1.58 bits per heavy atom. The number of ether oxygens (including phenoxy) is 1. The van der Waals surface area contributed by atoms with Crippen LogP contribution in [0.15, 0.2) is 45.7 Å². The molecule has 2 heterocycles. The molecule has 26 heavy (non-hydrogen) atoms. The van der Waals surface area contributed by atoms with Gasteiger partial charge in [-0.1, -0.05) is 31.1 Å². The molecule has 0 aliphatic rings. The number of rotatable bonds is 5. The quantitative estimate of drug-likeness (QED) is 0.545. The van der Waals surface area contributed by atoms with E-state index in [0.29, 0.717) is 23.7 Å². The van der Waals surface area contributed by atoms with Crippen LogP contribution < -0.4 is 4.74 Å². The minimum atomic E-state index is -0.0325. The zero-order valence-corrected chi connectivity index (χ0v) is 14.9. The Kier molecular flexibility index (Phi) is 4.03. The van der Waals surface area contributed by atoms with Gasteiger partial charge in [0, 0.05) is 28.3 Å². The van der Waals surface area contributed by atoms with E-state index in [0.717, 1.165) is 27.6 Å². The number of benzene rings is 2. The molecule has 1 unspecified atom stereocenters. The molecule has 134 valence electrons. The SMILES string of the molecule is CC(C)c1cc2cnoc2cc1OCC(C)c1cc2oncc2cc1O. The fourth-order valence-electron chi connectivity index (χ4n) is 3.11. The third-order valence-corrected chi connectivity index (χ3v) is 4.63. The van der Waals surface area contributed by atoms with Gasteiger partial charge in [0.25, 0.3) is 0 Å². The summed E-state index contributed by atoms with van der Waals surface area (Å²) in [5.41, 5.74) is 3.21. The Balaban J connectivity index is 1.60. The molecule has 0 amide bonds. The molecule has 0 saturated carbocycles. The number of phenolic OH excluding ortho intramolecular Hbond substituents is 1. The molecule has 0 radical (unpaired) electrons. The van der Waals surface area contributed by atoms with Crippen molar-refractivity contribution in [1.29, 1.82) is 0 Å². The van der Waals surface area contributed by atoms with E-state index in [1.165, 1.54) is 0 Å². The third kappa shape index (κ3) is 2.87. The highest BCUT2D eigenvalue weighted by Crippen LogP contribution is 2.34. The number of aromatic hydroxyl groups is 1. The average Bonchev–Trinajstić information content (AvgIpc) is 3.25. The maximum Gasteiger partial charge on any atom is 0.170 e. The Hall–Kier alpha value is -3.02. The van der Waals surface area contributed by atoms with Gasteiger partial charge in [-0.3, -0.25) is 0 Å². The van der Waals surface area contributed by atoms with Gasteiger partial charge in [-0.2, -0.15) is 0 Å². The van der Waals surface area contributed by atoms with Crippen molar-refractivity contribution >= 4 is 21.9 Å². The highest BCUT2D eigenvalue weighted by molar-refractivity contribution is 5.80. The lowest BCUT2D eigenvalue weighted by Gasteiger charge is -2.18. The lowest BCUT2D eigenvalue weighted by molar-refractivity contribution is 0.289. The van der Waals surface area contributed by atoms with Gasteiger partial charge in [0.15, 0.2) is 11.2 Å². The number of nitrogens with zero attached hydrogens (tertiary/aromatic N) is 2. The predicted octanol–water partition coefficient (Wildman–Crippen LogP) is 4.98. The van der Waals surface area contributed by atoms with Crippen molar-refractivity contribution in [3.05, 3.63) is 47.8 Å². The van der Waals surface area contributed by atoms with Crippen LogP contribution in [0.4, 0.5) is 0 Å². The van der Waals surface area contributed by atoms with Crippen LogP contribution in [0.25, 0.3) is 21.9 Å².